The van der Waals surface area contributed by atoms with Crippen molar-refractivity contribution in [1.29, 1.82) is 0 Å². The van der Waals surface area contributed by atoms with Gasteiger partial charge in [-0.2, -0.15) is 89.8 Å². The van der Waals surface area contributed by atoms with Crippen LogP contribution in [0.15, 0.2) is 102 Å². The van der Waals surface area contributed by atoms with E-state index in [1.807, 2.05) is 84.9 Å². The minimum absolute atomic E-state index is 0. The Hall–Kier alpha value is -2.02. The maximum absolute atomic E-state index is 3.07. The summed E-state index contributed by atoms with van der Waals surface area (Å²) in [4.78, 5) is 0. The van der Waals surface area contributed by atoms with E-state index in [-0.39, 0.29) is 19.5 Å². The smallest absolute Gasteiger partial charge is 0.303 e. The second kappa shape index (κ2) is 13.4. The van der Waals surface area contributed by atoms with Crippen LogP contribution >= 0.6 is 11.3 Å². The summed E-state index contributed by atoms with van der Waals surface area (Å²) in [6.07, 6.45) is 0. The van der Waals surface area contributed by atoms with E-state index >= 15 is 0 Å². The Kier molecular flexibility index (Phi) is 11.2. The third-order valence-electron chi connectivity index (χ3n) is 2.79. The molecule has 0 unspecified atom stereocenters. The van der Waals surface area contributed by atoms with Crippen molar-refractivity contribution in [3.63, 3.8) is 0 Å². The normalized spacial score (nSPS) is 8.50. The molecule has 0 saturated heterocycles. The number of hydrogen-bond donors (Lipinski definition) is 0. The third-order valence-corrected chi connectivity index (χ3v) is 3.42. The van der Waals surface area contributed by atoms with Gasteiger partial charge in [0, 0.05) is 0 Å². The third kappa shape index (κ3) is 8.57. The summed E-state index contributed by atoms with van der Waals surface area (Å²) in [5, 5.41) is 5.18. The molecule has 1 aromatic heterocycles. The van der Waals surface area contributed by atoms with Crippen molar-refractivity contribution in [1.82, 2.24) is 0 Å². The molecule has 0 saturated carbocycles. The van der Waals surface area contributed by atoms with Crippen LogP contribution in [0.5, 0.6) is 0 Å². The summed E-state index contributed by atoms with van der Waals surface area (Å²) >= 11 is 1.61. The first-order valence-corrected chi connectivity index (χ1v) is 8.17. The Labute approximate surface area is 161 Å². The molecule has 0 aliphatic rings. The largest absolute Gasteiger partial charge is 3.00 e. The first kappa shape index (κ1) is 20.0. The molecule has 0 spiro atoms. The van der Waals surface area contributed by atoms with E-state index in [4.69, 9.17) is 0 Å². The average molecular weight is 415 g/mol. The summed E-state index contributed by atoms with van der Waals surface area (Å²) in [5.74, 6) is 0. The molecular formula is C22H17RuS. The molecule has 0 bridgehead atoms. The maximum Gasteiger partial charge on any atom is 3.00 e. The fourth-order valence-electron chi connectivity index (χ4n) is 1.69. The van der Waals surface area contributed by atoms with Crippen LogP contribution in [0, 0.1) is 17.5 Å². The van der Waals surface area contributed by atoms with Crippen molar-refractivity contribution in [2.24, 2.45) is 0 Å². The molecule has 0 aliphatic carbocycles. The van der Waals surface area contributed by atoms with Gasteiger partial charge in [0.2, 0.25) is 0 Å². The van der Waals surface area contributed by atoms with Crippen LogP contribution in [0.4, 0.5) is 0 Å². The molecule has 0 fully saturated rings. The van der Waals surface area contributed by atoms with Gasteiger partial charge in [0.05, 0.1) is 0 Å². The average Bonchev–Trinajstić information content (AvgIpc) is 3.21. The molecule has 0 nitrogen and oxygen atoms in total. The maximum atomic E-state index is 3.07. The van der Waals surface area contributed by atoms with Crippen LogP contribution in [0.2, 0.25) is 0 Å². The molecule has 4 rings (SSSR count). The zero-order valence-electron chi connectivity index (χ0n) is 13.1. The zero-order valence-corrected chi connectivity index (χ0v) is 15.6. The molecule has 0 atom stereocenters. The minimum atomic E-state index is 0. The molecule has 1 heterocycles. The molecule has 119 valence electrons. The monoisotopic (exact) mass is 415 g/mol. The van der Waals surface area contributed by atoms with E-state index in [0.29, 0.717) is 0 Å². The van der Waals surface area contributed by atoms with Gasteiger partial charge in [0.15, 0.2) is 0 Å². The quantitative estimate of drug-likeness (QED) is 0.257. The molecule has 2 heteroatoms. The first-order valence-electron chi connectivity index (χ1n) is 7.29. The van der Waals surface area contributed by atoms with Crippen molar-refractivity contribution in [2.75, 3.05) is 0 Å². The van der Waals surface area contributed by atoms with Crippen molar-refractivity contribution in [3.8, 4) is 11.1 Å². The van der Waals surface area contributed by atoms with Crippen molar-refractivity contribution < 1.29 is 19.5 Å². The van der Waals surface area contributed by atoms with Gasteiger partial charge < -0.3 is 11.3 Å². The van der Waals surface area contributed by atoms with Crippen LogP contribution in [0.1, 0.15) is 0 Å². The summed E-state index contributed by atoms with van der Waals surface area (Å²) in [6.45, 7) is 0. The van der Waals surface area contributed by atoms with Crippen molar-refractivity contribution in [3.05, 3.63) is 120 Å². The summed E-state index contributed by atoms with van der Waals surface area (Å²) in [5.41, 5.74) is 2.53. The Balaban J connectivity index is 0.000000191. The van der Waals surface area contributed by atoms with Gasteiger partial charge in [-0.3, -0.25) is 0 Å². The Bertz CT molecular complexity index is 623. The van der Waals surface area contributed by atoms with Crippen molar-refractivity contribution in [2.45, 2.75) is 0 Å². The second-order valence-corrected chi connectivity index (χ2v) is 5.18. The molecule has 1 radical (unpaired) electrons. The Morgan fingerprint density at radius 2 is 1.08 bits per heavy atom. The first-order chi connectivity index (χ1) is 11.5. The van der Waals surface area contributed by atoms with Crippen LogP contribution in [0.3, 0.4) is 0 Å². The van der Waals surface area contributed by atoms with E-state index in [1.165, 1.54) is 11.1 Å². The topological polar surface area (TPSA) is 0 Å². The van der Waals surface area contributed by atoms with E-state index in [1.54, 1.807) is 11.3 Å². The molecule has 24 heavy (non-hydrogen) atoms. The number of thiophene rings is 1. The predicted molar refractivity (Wildman–Crippen MR) is 99.1 cm³/mol. The van der Waals surface area contributed by atoms with Crippen LogP contribution in [-0.2, 0) is 19.5 Å². The molecule has 0 aliphatic heterocycles. The molecule has 0 amide bonds. The Morgan fingerprint density at radius 3 is 1.42 bits per heavy atom. The predicted octanol–water partition coefficient (Wildman–Crippen LogP) is 6.19. The number of rotatable bonds is 1. The van der Waals surface area contributed by atoms with Crippen LogP contribution in [-0.4, -0.2) is 0 Å². The molecule has 4 aromatic rings. The van der Waals surface area contributed by atoms with Gasteiger partial charge in [0.25, 0.3) is 0 Å². The van der Waals surface area contributed by atoms with E-state index in [2.05, 4.69) is 35.0 Å². The minimum Gasteiger partial charge on any atom is -0.303 e. The summed E-state index contributed by atoms with van der Waals surface area (Å²) < 4.78 is 0. The van der Waals surface area contributed by atoms with Crippen molar-refractivity contribution >= 4 is 11.3 Å². The van der Waals surface area contributed by atoms with E-state index in [9.17, 15) is 0 Å². The van der Waals surface area contributed by atoms with Crippen LogP contribution in [0.25, 0.3) is 11.1 Å². The fourth-order valence-corrected chi connectivity index (χ4v) is 2.29. The van der Waals surface area contributed by atoms with Gasteiger partial charge >= 0.3 is 19.5 Å². The molecule has 3 aromatic carbocycles. The number of hydrogen-bond acceptors (Lipinski definition) is 1. The number of benzene rings is 3. The summed E-state index contributed by atoms with van der Waals surface area (Å²) in [7, 11) is 0. The SMILES string of the molecule is [Ru+3].[c-]1cc(-c2ccccc2)cs1.[c-]1ccccc1.[c-]1ccccc1. The Morgan fingerprint density at radius 1 is 0.583 bits per heavy atom. The zero-order chi connectivity index (χ0) is 16.0. The van der Waals surface area contributed by atoms with Gasteiger partial charge in [-0.25, -0.2) is 0 Å². The van der Waals surface area contributed by atoms with Crippen LogP contribution < -0.4 is 0 Å². The van der Waals surface area contributed by atoms with Gasteiger partial charge in [-0.15, -0.1) is 5.38 Å². The fraction of sp³-hybridized carbons (Fsp3) is 0. The molecular weight excluding hydrogens is 397 g/mol. The summed E-state index contributed by atoms with van der Waals surface area (Å²) in [6, 6.07) is 37.4. The van der Waals surface area contributed by atoms with Gasteiger partial charge in [0.1, 0.15) is 0 Å². The standard InChI is InChI=1S/C10H7S.2C6H5.Ru/c1-2-4-9(5-3-1)10-6-7-11-8-10;2*1-2-4-6-5-3-1;/h1-6,8H;2*1-5H;/q3*-1;+3. The van der Waals surface area contributed by atoms with E-state index in [0.717, 1.165) is 0 Å². The second-order valence-electron chi connectivity index (χ2n) is 4.47. The van der Waals surface area contributed by atoms with Gasteiger partial charge in [-0.1, -0.05) is 35.9 Å². The van der Waals surface area contributed by atoms with Gasteiger partial charge in [-0.05, 0) is 0 Å². The van der Waals surface area contributed by atoms with E-state index < -0.39 is 0 Å². The molecule has 0 N–H and O–H groups in total.